The summed E-state index contributed by atoms with van der Waals surface area (Å²) < 4.78 is 1.67. The highest BCUT2D eigenvalue weighted by Crippen LogP contribution is 2.12. The van der Waals surface area contributed by atoms with Crippen molar-refractivity contribution < 1.29 is 17.3 Å². The monoisotopic (exact) mass is 318 g/mol. The number of halogens is 2. The largest absolute Gasteiger partial charge is 1.00 e. The first kappa shape index (κ1) is 17.0. The quantitative estimate of drug-likeness (QED) is 0.588. The summed E-state index contributed by atoms with van der Waals surface area (Å²) in [5.74, 6) is 0. The van der Waals surface area contributed by atoms with Gasteiger partial charge in [-0.15, -0.1) is 0 Å². The van der Waals surface area contributed by atoms with Crippen LogP contribution in [0.4, 0.5) is 0 Å². The van der Waals surface area contributed by atoms with Crippen molar-refractivity contribution in [1.82, 2.24) is 14.5 Å². The average Bonchev–Trinajstić information content (AvgIpc) is 2.71. The summed E-state index contributed by atoms with van der Waals surface area (Å²) in [6, 6.07) is 3.47. The lowest BCUT2D eigenvalue weighted by Gasteiger charge is -2.14. The second kappa shape index (κ2) is 7.67. The van der Waals surface area contributed by atoms with E-state index in [2.05, 4.69) is 23.8 Å². The van der Waals surface area contributed by atoms with Gasteiger partial charge in [-0.1, -0.05) is 11.6 Å². The topological polar surface area (TPSA) is 55.1 Å². The molecule has 7 heteroatoms. The van der Waals surface area contributed by atoms with E-state index in [-0.39, 0.29) is 18.1 Å². The summed E-state index contributed by atoms with van der Waals surface area (Å²) in [5, 5.41) is 0.412. The van der Waals surface area contributed by atoms with Crippen LogP contribution in [0.2, 0.25) is 5.15 Å². The lowest BCUT2D eigenvalue weighted by atomic mass is 10.3. The Labute approximate surface area is 129 Å². The molecular formula is C13H20Cl2N4O. The predicted molar refractivity (Wildman–Crippen MR) is 76.9 cm³/mol. The normalized spacial score (nSPS) is 11.0. The number of aromatic nitrogens is 3. The third kappa shape index (κ3) is 3.75. The van der Waals surface area contributed by atoms with Crippen LogP contribution < -0.4 is 23.0 Å². The number of aromatic amines is 1. The van der Waals surface area contributed by atoms with Crippen LogP contribution >= 0.6 is 11.6 Å². The molecule has 2 N–H and O–H groups in total. The zero-order valence-corrected chi connectivity index (χ0v) is 13.3. The fraction of sp³-hybridized carbons (Fsp3) is 0.538. The third-order valence-corrected chi connectivity index (χ3v) is 3.71. The molecule has 2 rings (SSSR count). The Bertz CT molecular complexity index is 604. The second-order valence-electron chi connectivity index (χ2n) is 4.65. The van der Waals surface area contributed by atoms with E-state index in [1.807, 2.05) is 0 Å². The molecule has 0 aromatic carbocycles. The minimum absolute atomic E-state index is 0. The molecule has 0 radical (unpaired) electrons. The van der Waals surface area contributed by atoms with Crippen LogP contribution in [-0.4, -0.2) is 34.2 Å². The molecule has 20 heavy (non-hydrogen) atoms. The van der Waals surface area contributed by atoms with Crippen molar-refractivity contribution in [3.63, 3.8) is 0 Å². The molecule has 2 aromatic rings. The Balaban J connectivity index is 0.00000200. The van der Waals surface area contributed by atoms with E-state index < -0.39 is 0 Å². The van der Waals surface area contributed by atoms with Crippen molar-refractivity contribution >= 4 is 22.8 Å². The molecule has 112 valence electrons. The van der Waals surface area contributed by atoms with Crippen molar-refractivity contribution in [3.05, 3.63) is 27.8 Å². The molecular weight excluding hydrogens is 299 g/mol. The SMILES string of the molecule is CC[NH+](CC)CCCn1c(=O)[nH]c2ccc(Cl)nc21.[Cl-]. The van der Waals surface area contributed by atoms with Gasteiger partial charge in [-0.25, -0.2) is 9.78 Å². The maximum absolute atomic E-state index is 11.9. The van der Waals surface area contributed by atoms with Crippen LogP contribution in [0.5, 0.6) is 0 Å². The lowest BCUT2D eigenvalue weighted by molar-refractivity contribution is -0.896. The van der Waals surface area contributed by atoms with Crippen LogP contribution in [0.3, 0.4) is 0 Å². The van der Waals surface area contributed by atoms with Crippen molar-refractivity contribution in [1.29, 1.82) is 0 Å². The first-order valence-electron chi connectivity index (χ1n) is 6.74. The van der Waals surface area contributed by atoms with Crippen molar-refractivity contribution in [2.45, 2.75) is 26.8 Å². The van der Waals surface area contributed by atoms with E-state index in [0.717, 1.165) is 31.6 Å². The Morgan fingerprint density at radius 1 is 1.35 bits per heavy atom. The van der Waals surface area contributed by atoms with Crippen LogP contribution in [0.15, 0.2) is 16.9 Å². The molecule has 0 bridgehead atoms. The number of quaternary nitrogens is 1. The number of pyridine rings is 1. The van der Waals surface area contributed by atoms with Crippen LogP contribution in [-0.2, 0) is 6.54 Å². The van der Waals surface area contributed by atoms with E-state index in [9.17, 15) is 4.79 Å². The van der Waals surface area contributed by atoms with Crippen molar-refractivity contribution in [2.24, 2.45) is 0 Å². The minimum atomic E-state index is -0.112. The van der Waals surface area contributed by atoms with E-state index in [0.29, 0.717) is 17.3 Å². The van der Waals surface area contributed by atoms with Gasteiger partial charge in [0.25, 0.3) is 0 Å². The molecule has 0 spiro atoms. The Morgan fingerprint density at radius 3 is 2.70 bits per heavy atom. The lowest BCUT2D eigenvalue weighted by Crippen LogP contribution is -3.11. The highest BCUT2D eigenvalue weighted by Gasteiger charge is 2.09. The van der Waals surface area contributed by atoms with Gasteiger partial charge in [-0.05, 0) is 26.0 Å². The first-order chi connectivity index (χ1) is 9.15. The number of nitrogens with one attached hydrogen (secondary N) is 2. The molecule has 2 heterocycles. The summed E-state index contributed by atoms with van der Waals surface area (Å²) in [6.07, 6.45) is 0.956. The fourth-order valence-electron chi connectivity index (χ4n) is 2.31. The van der Waals surface area contributed by atoms with Gasteiger partial charge in [0.05, 0.1) is 25.2 Å². The minimum Gasteiger partial charge on any atom is -1.00 e. The molecule has 5 nitrogen and oxygen atoms in total. The van der Waals surface area contributed by atoms with Crippen molar-refractivity contribution in [3.8, 4) is 0 Å². The molecule has 0 fully saturated rings. The molecule has 2 aromatic heterocycles. The van der Waals surface area contributed by atoms with Gasteiger partial charge in [0.1, 0.15) is 5.15 Å². The highest BCUT2D eigenvalue weighted by atomic mass is 35.5. The van der Waals surface area contributed by atoms with E-state index >= 15 is 0 Å². The number of aryl methyl sites for hydroxylation is 1. The molecule has 0 aliphatic rings. The Hall–Kier alpha value is -1.04. The number of hydrogen-bond acceptors (Lipinski definition) is 2. The summed E-state index contributed by atoms with van der Waals surface area (Å²) in [6.45, 7) is 8.32. The molecule has 0 aliphatic heterocycles. The second-order valence-corrected chi connectivity index (χ2v) is 5.03. The van der Waals surface area contributed by atoms with Gasteiger partial charge in [0.15, 0.2) is 5.65 Å². The number of fused-ring (bicyclic) bond motifs is 1. The molecule has 0 atom stereocenters. The molecule has 0 amide bonds. The van der Waals surface area contributed by atoms with Gasteiger partial charge in [0, 0.05) is 13.0 Å². The van der Waals surface area contributed by atoms with Crippen molar-refractivity contribution in [2.75, 3.05) is 19.6 Å². The maximum atomic E-state index is 11.9. The molecule has 0 saturated carbocycles. The summed E-state index contributed by atoms with van der Waals surface area (Å²) >= 11 is 5.88. The number of rotatable bonds is 6. The van der Waals surface area contributed by atoms with Gasteiger partial charge >= 0.3 is 5.69 Å². The number of H-pyrrole nitrogens is 1. The highest BCUT2D eigenvalue weighted by molar-refractivity contribution is 6.29. The standard InChI is InChI=1S/C13H19ClN4O.ClH/c1-3-17(4-2)8-5-9-18-12-10(15-13(18)19)6-7-11(14)16-12;/h6-7H,3-5,8-9H2,1-2H3,(H,15,19);1H. The van der Waals surface area contributed by atoms with Gasteiger partial charge in [-0.3, -0.25) is 4.57 Å². The maximum Gasteiger partial charge on any atom is 0.327 e. The number of hydrogen-bond donors (Lipinski definition) is 2. The predicted octanol–water partition coefficient (Wildman–Crippen LogP) is -2.30. The zero-order valence-electron chi connectivity index (χ0n) is 11.7. The number of nitrogens with zero attached hydrogens (tertiary/aromatic N) is 2. The van der Waals surface area contributed by atoms with E-state index in [1.165, 1.54) is 0 Å². The zero-order chi connectivity index (χ0) is 13.8. The van der Waals surface area contributed by atoms with Gasteiger partial charge < -0.3 is 22.3 Å². The summed E-state index contributed by atoms with van der Waals surface area (Å²) in [7, 11) is 0. The third-order valence-electron chi connectivity index (χ3n) is 3.50. The molecule has 0 aliphatic carbocycles. The summed E-state index contributed by atoms with van der Waals surface area (Å²) in [5.41, 5.74) is 1.27. The average molecular weight is 319 g/mol. The Morgan fingerprint density at radius 2 is 2.05 bits per heavy atom. The number of imidazole rings is 1. The van der Waals surface area contributed by atoms with Crippen LogP contribution in [0.1, 0.15) is 20.3 Å². The first-order valence-corrected chi connectivity index (χ1v) is 7.12. The Kier molecular flexibility index (Phi) is 6.52. The molecule has 0 unspecified atom stereocenters. The smallest absolute Gasteiger partial charge is 0.327 e. The van der Waals surface area contributed by atoms with E-state index in [4.69, 9.17) is 11.6 Å². The van der Waals surface area contributed by atoms with Crippen LogP contribution in [0.25, 0.3) is 11.2 Å². The summed E-state index contributed by atoms with van der Waals surface area (Å²) in [4.78, 5) is 20.4. The molecule has 0 saturated heterocycles. The van der Waals surface area contributed by atoms with Gasteiger partial charge in [-0.2, -0.15) is 0 Å². The fourth-order valence-corrected chi connectivity index (χ4v) is 2.45. The van der Waals surface area contributed by atoms with Crippen LogP contribution in [0, 0.1) is 0 Å². The van der Waals surface area contributed by atoms with E-state index in [1.54, 1.807) is 21.6 Å². The van der Waals surface area contributed by atoms with Gasteiger partial charge in [0.2, 0.25) is 0 Å².